The van der Waals surface area contributed by atoms with E-state index in [9.17, 15) is 19.2 Å². The zero-order chi connectivity index (χ0) is 24.8. The number of ether oxygens (including phenoxy) is 1. The van der Waals surface area contributed by atoms with E-state index in [1.165, 1.54) is 11.8 Å². The smallest absolute Gasteiger partial charge is 0.356 e. The number of Topliss-reactive ketones (excluding diaryl/α,β-unsaturated/α-hetero) is 1. The number of benzene rings is 3. The first-order chi connectivity index (χ1) is 17.0. The van der Waals surface area contributed by atoms with E-state index in [4.69, 9.17) is 4.74 Å². The molecule has 0 radical (unpaired) electrons. The zero-order valence-electron chi connectivity index (χ0n) is 19.1. The van der Waals surface area contributed by atoms with Gasteiger partial charge in [0.1, 0.15) is 12.0 Å². The molecule has 1 heterocycles. The summed E-state index contributed by atoms with van der Waals surface area (Å²) in [5, 5.41) is 2.01. The summed E-state index contributed by atoms with van der Waals surface area (Å²) in [5.74, 6) is -1.32. The number of esters is 1. The van der Waals surface area contributed by atoms with Crippen LogP contribution in [0.25, 0.3) is 0 Å². The third-order valence-corrected chi connectivity index (χ3v) is 10.7. The number of hydrogen-bond acceptors (Lipinski definition) is 6. The number of thioether (sulfide) groups is 1. The summed E-state index contributed by atoms with van der Waals surface area (Å²) in [7, 11) is 0. The van der Waals surface area contributed by atoms with Crippen LogP contribution in [0.5, 0.6) is 0 Å². The fourth-order valence-electron chi connectivity index (χ4n) is 4.21. The lowest BCUT2D eigenvalue weighted by Gasteiger charge is -2.44. The molecule has 1 atom stereocenters. The first-order valence-corrected chi connectivity index (χ1v) is 13.7. The van der Waals surface area contributed by atoms with Crippen LogP contribution in [0.15, 0.2) is 91.0 Å². The Morgan fingerprint density at radius 1 is 0.914 bits per heavy atom. The van der Waals surface area contributed by atoms with Gasteiger partial charge < -0.3 is 4.74 Å². The normalized spacial score (nSPS) is 15.2. The Morgan fingerprint density at radius 2 is 1.37 bits per heavy atom. The highest BCUT2D eigenvalue weighted by Gasteiger charge is 2.47. The predicted molar refractivity (Wildman–Crippen MR) is 141 cm³/mol. The molecule has 0 saturated carbocycles. The lowest BCUT2D eigenvalue weighted by molar-refractivity contribution is -0.144. The molecule has 0 spiro atoms. The fourth-order valence-corrected chi connectivity index (χ4v) is 9.40. The Balaban J connectivity index is 2.19. The zero-order valence-corrected chi connectivity index (χ0v) is 20.8. The Bertz CT molecular complexity index is 1190. The number of hydrogen-bond donors (Lipinski definition) is 0. The molecule has 0 aromatic heterocycles. The molecule has 0 unspecified atom stereocenters. The molecule has 1 saturated heterocycles. The highest BCUT2D eigenvalue weighted by molar-refractivity contribution is 8.12. The molecule has 178 valence electrons. The molecule has 35 heavy (non-hydrogen) atoms. The second-order valence-electron chi connectivity index (χ2n) is 7.93. The van der Waals surface area contributed by atoms with Gasteiger partial charge in [-0.2, -0.15) is 0 Å². The lowest BCUT2D eigenvalue weighted by atomic mass is 10.2. The molecule has 1 amide bonds. The third-order valence-electron chi connectivity index (χ3n) is 5.68. The van der Waals surface area contributed by atoms with E-state index in [0.29, 0.717) is 5.62 Å². The maximum atomic E-state index is 13.9. The van der Waals surface area contributed by atoms with Crippen molar-refractivity contribution in [2.24, 2.45) is 0 Å². The van der Waals surface area contributed by atoms with Gasteiger partial charge in [0.15, 0.2) is 11.4 Å². The minimum Gasteiger partial charge on any atom is -0.453 e. The molecular formula is C27H24NO5PS. The Hall–Kier alpha value is -3.41. The summed E-state index contributed by atoms with van der Waals surface area (Å²) in [5.41, 5.74) is 0.842. The first-order valence-electron chi connectivity index (χ1n) is 11.0. The average Bonchev–Trinajstić information content (AvgIpc) is 2.89. The number of likely N-dealkylation sites (tertiary alicyclic amines) is 1. The van der Waals surface area contributed by atoms with Crippen molar-refractivity contribution in [1.29, 1.82) is 0 Å². The molecule has 3 aromatic rings. The van der Waals surface area contributed by atoms with E-state index < -0.39 is 24.8 Å². The SMILES string of the molecule is CC(=O)COC(=O)C(N1C(=O)C[C@H]1SC=O)=P(c1ccccc1)(c1ccccc1)c1ccccc1. The van der Waals surface area contributed by atoms with Gasteiger partial charge in [0.05, 0.1) is 11.8 Å². The highest BCUT2D eigenvalue weighted by atomic mass is 32.2. The Labute approximate surface area is 208 Å². The summed E-state index contributed by atoms with van der Waals surface area (Å²) in [6, 6.07) is 28.7. The largest absolute Gasteiger partial charge is 0.453 e. The Kier molecular flexibility index (Phi) is 7.69. The second-order valence-corrected chi connectivity index (χ2v) is 12.3. The van der Waals surface area contributed by atoms with Crippen LogP contribution in [-0.2, 0) is 23.9 Å². The fraction of sp³-hybridized carbons (Fsp3) is 0.148. The minimum absolute atomic E-state index is 0.130. The molecule has 4 rings (SSSR count). The summed E-state index contributed by atoms with van der Waals surface area (Å²) in [6.07, 6.45) is 0.130. The summed E-state index contributed by atoms with van der Waals surface area (Å²) >= 11 is 0.948. The van der Waals surface area contributed by atoms with E-state index in [2.05, 4.69) is 0 Å². The molecule has 1 fully saturated rings. The van der Waals surface area contributed by atoms with Gasteiger partial charge in [-0.05, 0) is 22.8 Å². The van der Waals surface area contributed by atoms with Gasteiger partial charge in [0.25, 0.3) is 0 Å². The van der Waals surface area contributed by atoms with Crippen LogP contribution >= 0.6 is 18.6 Å². The van der Waals surface area contributed by atoms with Crippen molar-refractivity contribution in [3.05, 3.63) is 91.0 Å². The van der Waals surface area contributed by atoms with E-state index in [-0.39, 0.29) is 23.5 Å². The van der Waals surface area contributed by atoms with Gasteiger partial charge in [0.2, 0.25) is 5.91 Å². The van der Waals surface area contributed by atoms with Gasteiger partial charge >= 0.3 is 5.97 Å². The van der Waals surface area contributed by atoms with Gasteiger partial charge in [-0.15, -0.1) is 0 Å². The number of carbonyl (C=O) groups is 4. The van der Waals surface area contributed by atoms with Crippen LogP contribution < -0.4 is 15.9 Å². The van der Waals surface area contributed by atoms with Crippen molar-refractivity contribution in [2.75, 3.05) is 6.61 Å². The summed E-state index contributed by atoms with van der Waals surface area (Å²) in [6.45, 7) is -2.07. The molecule has 0 bridgehead atoms. The van der Waals surface area contributed by atoms with Crippen LogP contribution in [-0.4, -0.2) is 45.6 Å². The molecule has 0 N–H and O–H groups in total. The maximum absolute atomic E-state index is 13.9. The van der Waals surface area contributed by atoms with Crippen LogP contribution in [0, 0.1) is 0 Å². The average molecular weight is 506 g/mol. The van der Waals surface area contributed by atoms with E-state index in [1.54, 1.807) is 0 Å². The van der Waals surface area contributed by atoms with Crippen molar-refractivity contribution < 1.29 is 23.9 Å². The number of ketones is 1. The molecule has 3 aromatic carbocycles. The monoisotopic (exact) mass is 505 g/mol. The maximum Gasteiger partial charge on any atom is 0.356 e. The quantitative estimate of drug-likeness (QED) is 0.193. The molecule has 8 heteroatoms. The molecule has 0 aliphatic carbocycles. The number of nitrogens with zero attached hydrogens (tertiary/aromatic N) is 1. The summed E-state index contributed by atoms with van der Waals surface area (Å²) < 4.78 is 5.48. The third kappa shape index (κ3) is 4.75. The topological polar surface area (TPSA) is 80.8 Å². The van der Waals surface area contributed by atoms with Gasteiger partial charge in [-0.3, -0.25) is 19.3 Å². The lowest BCUT2D eigenvalue weighted by Crippen LogP contribution is -2.58. The first kappa shape index (κ1) is 24.7. The van der Waals surface area contributed by atoms with Crippen molar-refractivity contribution in [3.8, 4) is 0 Å². The van der Waals surface area contributed by atoms with Crippen LogP contribution in [0.3, 0.4) is 0 Å². The van der Waals surface area contributed by atoms with Crippen LogP contribution in [0.2, 0.25) is 0 Å². The summed E-state index contributed by atoms with van der Waals surface area (Å²) in [4.78, 5) is 51.4. The van der Waals surface area contributed by atoms with Crippen molar-refractivity contribution >= 4 is 63.3 Å². The number of carbonyl (C=O) groups excluding carboxylic acids is 4. The van der Waals surface area contributed by atoms with Gasteiger partial charge in [0, 0.05) is 6.89 Å². The van der Waals surface area contributed by atoms with E-state index in [0.717, 1.165) is 27.7 Å². The number of rotatable bonds is 9. The van der Waals surface area contributed by atoms with Crippen LogP contribution in [0.1, 0.15) is 13.3 Å². The molecule has 1 aliphatic heterocycles. The number of amides is 1. The molecule has 1 aliphatic rings. The van der Waals surface area contributed by atoms with Crippen LogP contribution in [0.4, 0.5) is 0 Å². The number of β-lactam (4-membered cyclic amide) rings is 1. The van der Waals surface area contributed by atoms with Crippen molar-refractivity contribution in [3.63, 3.8) is 0 Å². The highest BCUT2D eigenvalue weighted by Crippen LogP contribution is 2.49. The predicted octanol–water partition coefficient (Wildman–Crippen LogP) is 2.72. The Morgan fingerprint density at radius 3 is 1.74 bits per heavy atom. The molecule has 6 nitrogen and oxygen atoms in total. The van der Waals surface area contributed by atoms with Gasteiger partial charge in [-0.25, -0.2) is 4.79 Å². The standard InChI is InChI=1S/C27H24NO5PS/c1-20(30)18-33-27(32)26(28-24(31)17-25(28)35-19-29)34(21-11-5-2-6-12-21,22-13-7-3-8-14-22)23-15-9-4-10-16-23/h2-16,19,25H,17-18H2,1H3/t25-/m1/s1. The van der Waals surface area contributed by atoms with E-state index >= 15 is 0 Å². The van der Waals surface area contributed by atoms with Gasteiger partial charge in [-0.1, -0.05) is 103 Å². The molecular weight excluding hydrogens is 481 g/mol. The van der Waals surface area contributed by atoms with Crippen molar-refractivity contribution in [1.82, 2.24) is 4.90 Å². The second kappa shape index (κ2) is 10.9. The van der Waals surface area contributed by atoms with E-state index in [1.807, 2.05) is 91.0 Å². The van der Waals surface area contributed by atoms with Crippen molar-refractivity contribution in [2.45, 2.75) is 18.7 Å². The minimum atomic E-state index is -2.99.